The van der Waals surface area contributed by atoms with Gasteiger partial charge in [-0.15, -0.1) is 11.3 Å². The molecule has 0 saturated carbocycles. The van der Waals surface area contributed by atoms with E-state index in [4.69, 9.17) is 5.73 Å². The Labute approximate surface area is 108 Å². The highest BCUT2D eigenvalue weighted by molar-refractivity contribution is 7.19. The average Bonchev–Trinajstić information content (AvgIpc) is 2.93. The predicted molar refractivity (Wildman–Crippen MR) is 73.1 cm³/mol. The topological polar surface area (TPSA) is 43.8 Å². The molecule has 3 nitrogen and oxygen atoms in total. The lowest BCUT2D eigenvalue weighted by molar-refractivity contribution is 0.637. The van der Waals surface area contributed by atoms with Gasteiger partial charge in [-0.3, -0.25) is 0 Å². The standard InChI is InChI=1S/C13H12FN3S/c1-2-17-9-5-3-4-8(14)12(9)16-13(17)10-6-7-11(15)18-10/h3-7H,2,15H2,1H3. The number of aryl methyl sites for hydroxylation is 1. The SMILES string of the molecule is CCn1c(-c2ccc(N)s2)nc2c(F)cccc21. The fourth-order valence-electron chi connectivity index (χ4n) is 2.09. The molecule has 2 N–H and O–H groups in total. The van der Waals surface area contributed by atoms with Gasteiger partial charge in [0.2, 0.25) is 0 Å². The largest absolute Gasteiger partial charge is 0.391 e. The zero-order valence-electron chi connectivity index (χ0n) is 9.85. The van der Waals surface area contributed by atoms with Gasteiger partial charge in [-0.25, -0.2) is 9.37 Å². The van der Waals surface area contributed by atoms with Crippen LogP contribution in [0.5, 0.6) is 0 Å². The van der Waals surface area contributed by atoms with E-state index >= 15 is 0 Å². The van der Waals surface area contributed by atoms with Gasteiger partial charge in [-0.05, 0) is 31.2 Å². The molecule has 0 aliphatic carbocycles. The van der Waals surface area contributed by atoms with Crippen molar-refractivity contribution in [3.05, 3.63) is 36.1 Å². The van der Waals surface area contributed by atoms with Crippen LogP contribution in [0.4, 0.5) is 9.39 Å². The minimum absolute atomic E-state index is 0.287. The van der Waals surface area contributed by atoms with Gasteiger partial charge in [0, 0.05) is 6.54 Å². The number of para-hydroxylation sites is 1. The van der Waals surface area contributed by atoms with Crippen LogP contribution in [-0.2, 0) is 6.54 Å². The molecule has 0 spiro atoms. The van der Waals surface area contributed by atoms with Crippen LogP contribution in [0.3, 0.4) is 0 Å². The van der Waals surface area contributed by atoms with E-state index < -0.39 is 0 Å². The summed E-state index contributed by atoms with van der Waals surface area (Å²) in [7, 11) is 0. The number of hydrogen-bond acceptors (Lipinski definition) is 3. The number of aromatic nitrogens is 2. The summed E-state index contributed by atoms with van der Waals surface area (Å²) in [5.41, 5.74) is 6.98. The Balaban J connectivity index is 2.32. The zero-order valence-corrected chi connectivity index (χ0v) is 10.7. The van der Waals surface area contributed by atoms with Gasteiger partial charge in [0.15, 0.2) is 11.6 Å². The normalized spacial score (nSPS) is 11.2. The summed E-state index contributed by atoms with van der Waals surface area (Å²) in [5.74, 6) is 0.491. The predicted octanol–water partition coefficient (Wildman–Crippen LogP) is 3.51. The smallest absolute Gasteiger partial charge is 0.151 e. The minimum atomic E-state index is -0.287. The molecule has 0 radical (unpaired) electrons. The Kier molecular flexibility index (Phi) is 2.56. The number of benzene rings is 1. The van der Waals surface area contributed by atoms with Crippen molar-refractivity contribution >= 4 is 27.4 Å². The molecule has 3 aromatic rings. The van der Waals surface area contributed by atoms with E-state index in [1.54, 1.807) is 6.07 Å². The van der Waals surface area contributed by atoms with E-state index in [0.29, 0.717) is 5.52 Å². The molecule has 92 valence electrons. The highest BCUT2D eigenvalue weighted by atomic mass is 32.1. The fraction of sp³-hybridized carbons (Fsp3) is 0.154. The second-order valence-corrected chi connectivity index (χ2v) is 5.10. The maximum absolute atomic E-state index is 13.7. The summed E-state index contributed by atoms with van der Waals surface area (Å²) in [6.07, 6.45) is 0. The number of anilines is 1. The summed E-state index contributed by atoms with van der Waals surface area (Å²) >= 11 is 1.46. The van der Waals surface area contributed by atoms with Crippen LogP contribution in [0.1, 0.15) is 6.92 Å². The highest BCUT2D eigenvalue weighted by Crippen LogP contribution is 2.32. The van der Waals surface area contributed by atoms with Crippen LogP contribution in [0, 0.1) is 5.82 Å². The number of thiophene rings is 1. The molecule has 0 aliphatic heterocycles. The van der Waals surface area contributed by atoms with Crippen LogP contribution in [0.25, 0.3) is 21.7 Å². The average molecular weight is 261 g/mol. The van der Waals surface area contributed by atoms with Crippen LogP contribution in [0.15, 0.2) is 30.3 Å². The molecule has 0 saturated heterocycles. The van der Waals surface area contributed by atoms with Crippen molar-refractivity contribution in [1.29, 1.82) is 0 Å². The number of halogens is 1. The zero-order chi connectivity index (χ0) is 12.7. The Hall–Kier alpha value is -1.88. The molecule has 2 heterocycles. The third kappa shape index (κ3) is 1.59. The Bertz CT molecular complexity index is 714. The third-order valence-corrected chi connectivity index (χ3v) is 3.80. The van der Waals surface area contributed by atoms with Gasteiger partial charge in [0.25, 0.3) is 0 Å². The van der Waals surface area contributed by atoms with E-state index in [9.17, 15) is 4.39 Å². The van der Waals surface area contributed by atoms with Gasteiger partial charge in [-0.2, -0.15) is 0 Å². The number of fused-ring (bicyclic) bond motifs is 1. The van der Waals surface area contributed by atoms with E-state index in [1.165, 1.54) is 17.4 Å². The maximum atomic E-state index is 13.7. The van der Waals surface area contributed by atoms with Crippen molar-refractivity contribution in [2.24, 2.45) is 0 Å². The second kappa shape index (κ2) is 4.10. The Morgan fingerprint density at radius 2 is 2.17 bits per heavy atom. The molecule has 0 amide bonds. The molecular weight excluding hydrogens is 249 g/mol. The number of rotatable bonds is 2. The van der Waals surface area contributed by atoms with Crippen molar-refractivity contribution in [3.63, 3.8) is 0 Å². The molecule has 0 bridgehead atoms. The lowest BCUT2D eigenvalue weighted by atomic mass is 10.3. The van der Waals surface area contributed by atoms with Crippen molar-refractivity contribution in [2.75, 3.05) is 5.73 Å². The molecule has 0 fully saturated rings. The van der Waals surface area contributed by atoms with E-state index in [2.05, 4.69) is 4.98 Å². The summed E-state index contributed by atoms with van der Waals surface area (Å²) in [6.45, 7) is 2.76. The first-order valence-electron chi connectivity index (χ1n) is 5.71. The van der Waals surface area contributed by atoms with E-state index in [-0.39, 0.29) is 5.82 Å². The molecule has 0 aliphatic rings. The highest BCUT2D eigenvalue weighted by Gasteiger charge is 2.15. The number of nitrogens with zero attached hydrogens (tertiary/aromatic N) is 2. The maximum Gasteiger partial charge on any atom is 0.151 e. The fourth-order valence-corrected chi connectivity index (χ4v) is 2.87. The van der Waals surface area contributed by atoms with Crippen LogP contribution in [0.2, 0.25) is 0 Å². The monoisotopic (exact) mass is 261 g/mol. The van der Waals surface area contributed by atoms with Gasteiger partial charge < -0.3 is 10.3 Å². The lowest BCUT2D eigenvalue weighted by Gasteiger charge is -2.03. The molecule has 3 rings (SSSR count). The summed E-state index contributed by atoms with van der Waals surface area (Å²) in [5, 5.41) is 0.736. The quantitative estimate of drug-likeness (QED) is 0.767. The Morgan fingerprint density at radius 1 is 1.33 bits per heavy atom. The molecule has 1 aromatic carbocycles. The summed E-state index contributed by atoms with van der Waals surface area (Å²) < 4.78 is 15.7. The van der Waals surface area contributed by atoms with Gasteiger partial charge >= 0.3 is 0 Å². The van der Waals surface area contributed by atoms with Crippen molar-refractivity contribution in [1.82, 2.24) is 9.55 Å². The number of nitrogens with two attached hydrogens (primary N) is 1. The van der Waals surface area contributed by atoms with E-state index in [1.807, 2.05) is 29.7 Å². The van der Waals surface area contributed by atoms with Crippen LogP contribution >= 0.6 is 11.3 Å². The molecule has 0 atom stereocenters. The van der Waals surface area contributed by atoms with E-state index in [0.717, 1.165) is 27.8 Å². The van der Waals surface area contributed by atoms with Crippen LogP contribution in [-0.4, -0.2) is 9.55 Å². The van der Waals surface area contributed by atoms with Gasteiger partial charge in [-0.1, -0.05) is 6.07 Å². The lowest BCUT2D eigenvalue weighted by Crippen LogP contribution is -1.96. The van der Waals surface area contributed by atoms with Gasteiger partial charge in [0.1, 0.15) is 5.52 Å². The molecule has 18 heavy (non-hydrogen) atoms. The number of hydrogen-bond donors (Lipinski definition) is 1. The van der Waals surface area contributed by atoms with Crippen molar-refractivity contribution in [3.8, 4) is 10.7 Å². The van der Waals surface area contributed by atoms with Crippen molar-refractivity contribution in [2.45, 2.75) is 13.5 Å². The first kappa shape index (κ1) is 11.2. The van der Waals surface area contributed by atoms with Gasteiger partial charge in [0.05, 0.1) is 15.4 Å². The first-order chi connectivity index (χ1) is 8.70. The van der Waals surface area contributed by atoms with Crippen LogP contribution < -0.4 is 5.73 Å². The molecule has 2 aromatic heterocycles. The first-order valence-corrected chi connectivity index (χ1v) is 6.52. The summed E-state index contributed by atoms with van der Waals surface area (Å²) in [6, 6.07) is 8.79. The second-order valence-electron chi connectivity index (χ2n) is 3.99. The van der Waals surface area contributed by atoms with Crippen molar-refractivity contribution < 1.29 is 4.39 Å². The minimum Gasteiger partial charge on any atom is -0.391 e. The third-order valence-electron chi connectivity index (χ3n) is 2.89. The Morgan fingerprint density at radius 3 is 2.83 bits per heavy atom. The summed E-state index contributed by atoms with van der Waals surface area (Å²) in [4.78, 5) is 5.37. The number of imidazole rings is 1. The molecular formula is C13H12FN3S. The molecule has 0 unspecified atom stereocenters. The molecule has 5 heteroatoms. The number of nitrogen functional groups attached to an aromatic ring is 1.